The Labute approximate surface area is 238 Å². The third-order valence-corrected chi connectivity index (χ3v) is 8.02. The molecule has 3 heterocycles. The smallest absolute Gasteiger partial charge is 0.325 e. The minimum Gasteiger partial charge on any atom is -0.325 e. The maximum absolute atomic E-state index is 13.6. The number of fused-ring (bicyclic) bond motifs is 1. The van der Waals surface area contributed by atoms with Crippen molar-refractivity contribution < 1.29 is 8.78 Å². The van der Waals surface area contributed by atoms with E-state index in [1.165, 1.54) is 35.9 Å². The summed E-state index contributed by atoms with van der Waals surface area (Å²) < 4.78 is 31.9. The van der Waals surface area contributed by atoms with Crippen LogP contribution in [-0.2, 0) is 27.1 Å². The molecule has 0 atom stereocenters. The van der Waals surface area contributed by atoms with Gasteiger partial charge in [0.25, 0.3) is 5.56 Å². The topological polar surface area (TPSA) is 68.3 Å². The molecule has 0 saturated carbocycles. The van der Waals surface area contributed by atoms with Gasteiger partial charge in [-0.3, -0.25) is 18.8 Å². The molecule has 10 heteroatoms. The molecule has 1 aliphatic heterocycles. The van der Waals surface area contributed by atoms with Crippen molar-refractivity contribution in [3.8, 4) is 0 Å². The van der Waals surface area contributed by atoms with Crippen LogP contribution in [0.2, 0.25) is 0 Å². The lowest BCUT2D eigenvalue weighted by Crippen LogP contribution is -2.48. The highest BCUT2D eigenvalue weighted by Crippen LogP contribution is 2.30. The zero-order valence-corrected chi connectivity index (χ0v) is 24.2. The number of nitrogens with zero attached hydrogens (tertiary/aromatic N) is 6. The van der Waals surface area contributed by atoms with Gasteiger partial charge in [0.05, 0.1) is 6.04 Å². The zero-order valence-electron chi connectivity index (χ0n) is 24.2. The number of piperazine rings is 1. The molecule has 0 bridgehead atoms. The molecular formula is C31H38F2N6O2. The lowest BCUT2D eigenvalue weighted by Gasteiger charge is -2.39. The molecule has 2 aromatic heterocycles. The summed E-state index contributed by atoms with van der Waals surface area (Å²) in [7, 11) is 3.37. The van der Waals surface area contributed by atoms with Crippen molar-refractivity contribution in [2.24, 2.45) is 20.0 Å². The lowest BCUT2D eigenvalue weighted by molar-refractivity contribution is 0.108. The van der Waals surface area contributed by atoms with Crippen molar-refractivity contribution in [2.75, 3.05) is 32.7 Å². The summed E-state index contributed by atoms with van der Waals surface area (Å²) in [6.07, 6.45) is 1.56. The Balaban J connectivity index is 1.25. The molecular weight excluding hydrogens is 526 g/mol. The quantitative estimate of drug-likeness (QED) is 0.310. The Bertz CT molecular complexity index is 1570. The number of benzene rings is 2. The predicted molar refractivity (Wildman–Crippen MR) is 156 cm³/mol. The van der Waals surface area contributed by atoms with Gasteiger partial charge in [0.2, 0.25) is 0 Å². The second-order valence-corrected chi connectivity index (χ2v) is 11.4. The number of aromatic nitrogens is 4. The fraction of sp³-hybridized carbons (Fsp3) is 0.452. The first-order valence-electron chi connectivity index (χ1n) is 14.3. The molecule has 5 rings (SSSR count). The number of aryl methyl sites for hydroxylation is 2. The van der Waals surface area contributed by atoms with E-state index in [4.69, 9.17) is 4.98 Å². The van der Waals surface area contributed by atoms with Crippen molar-refractivity contribution in [2.45, 2.75) is 39.3 Å². The van der Waals surface area contributed by atoms with Gasteiger partial charge in [-0.1, -0.05) is 38.1 Å². The van der Waals surface area contributed by atoms with Crippen LogP contribution in [0.5, 0.6) is 0 Å². The molecule has 1 aliphatic rings. The van der Waals surface area contributed by atoms with Crippen molar-refractivity contribution in [1.29, 1.82) is 0 Å². The molecule has 0 N–H and O–H groups in total. The lowest BCUT2D eigenvalue weighted by atomic mass is 9.96. The van der Waals surface area contributed by atoms with Crippen LogP contribution in [0.1, 0.15) is 43.3 Å². The van der Waals surface area contributed by atoms with Crippen molar-refractivity contribution in [3.63, 3.8) is 0 Å². The van der Waals surface area contributed by atoms with Crippen molar-refractivity contribution in [3.05, 3.63) is 98.0 Å². The molecule has 1 saturated heterocycles. The first-order valence-corrected chi connectivity index (χ1v) is 14.3. The standard InChI is InChI=1S/C31H38F2N6O2/c1-21(2)20-39-29-28(30(40)36(4)31(39)41)35(3)26(34-29)6-5-15-37-16-18-38(19-17-37)27(22-7-11-24(32)12-8-22)23-9-13-25(33)14-10-23/h7-14,21,27H,5-6,15-20H2,1-4H3. The third-order valence-electron chi connectivity index (χ3n) is 8.02. The average Bonchev–Trinajstić information content (AvgIpc) is 3.28. The summed E-state index contributed by atoms with van der Waals surface area (Å²) in [5, 5.41) is 0. The van der Waals surface area contributed by atoms with Gasteiger partial charge in [0.1, 0.15) is 17.5 Å². The van der Waals surface area contributed by atoms with E-state index in [2.05, 4.69) is 9.80 Å². The molecule has 0 aliphatic carbocycles. The monoisotopic (exact) mass is 564 g/mol. The summed E-state index contributed by atoms with van der Waals surface area (Å²) in [5.74, 6) is 0.482. The van der Waals surface area contributed by atoms with E-state index in [-0.39, 0.29) is 34.8 Å². The minimum absolute atomic E-state index is 0.0793. The van der Waals surface area contributed by atoms with Crippen LogP contribution in [0, 0.1) is 17.6 Å². The second kappa shape index (κ2) is 12.1. The number of halogens is 2. The van der Waals surface area contributed by atoms with E-state index in [1.807, 2.05) is 25.5 Å². The van der Waals surface area contributed by atoms with Crippen LogP contribution in [0.25, 0.3) is 11.2 Å². The fourth-order valence-electron chi connectivity index (χ4n) is 5.84. The first kappa shape index (κ1) is 28.9. The highest BCUT2D eigenvalue weighted by Gasteiger charge is 2.27. The highest BCUT2D eigenvalue weighted by molar-refractivity contribution is 5.71. The highest BCUT2D eigenvalue weighted by atomic mass is 19.1. The number of hydrogen-bond donors (Lipinski definition) is 0. The molecule has 218 valence electrons. The van der Waals surface area contributed by atoms with Gasteiger partial charge < -0.3 is 9.47 Å². The molecule has 2 aromatic carbocycles. The SMILES string of the molecule is CC(C)Cn1c(=O)n(C)c(=O)c2c1nc(CCCN1CCN(C(c3ccc(F)cc3)c3ccc(F)cc3)CC1)n2C. The summed E-state index contributed by atoms with van der Waals surface area (Å²) in [6, 6.07) is 13.0. The molecule has 0 spiro atoms. The summed E-state index contributed by atoms with van der Waals surface area (Å²) in [4.78, 5) is 35.2. The number of hydrogen-bond acceptors (Lipinski definition) is 5. The van der Waals surface area contributed by atoms with Gasteiger partial charge >= 0.3 is 5.69 Å². The molecule has 0 unspecified atom stereocenters. The predicted octanol–water partition coefficient (Wildman–Crippen LogP) is 3.71. The van der Waals surface area contributed by atoms with E-state index in [9.17, 15) is 18.4 Å². The Morgan fingerprint density at radius 1 is 0.829 bits per heavy atom. The van der Waals surface area contributed by atoms with E-state index in [0.29, 0.717) is 24.1 Å². The normalized spacial score (nSPS) is 15.0. The van der Waals surface area contributed by atoms with Gasteiger partial charge in [-0.15, -0.1) is 0 Å². The summed E-state index contributed by atoms with van der Waals surface area (Å²) in [6.45, 7) is 8.84. The van der Waals surface area contributed by atoms with Crippen molar-refractivity contribution in [1.82, 2.24) is 28.5 Å². The Morgan fingerprint density at radius 2 is 1.39 bits per heavy atom. The molecule has 4 aromatic rings. The number of rotatable bonds is 9. The van der Waals surface area contributed by atoms with Crippen LogP contribution in [0.15, 0.2) is 58.1 Å². The largest absolute Gasteiger partial charge is 0.332 e. The summed E-state index contributed by atoms with van der Waals surface area (Å²) in [5.41, 5.74) is 2.23. The average molecular weight is 565 g/mol. The van der Waals surface area contributed by atoms with E-state index >= 15 is 0 Å². The maximum Gasteiger partial charge on any atom is 0.332 e. The molecule has 0 radical (unpaired) electrons. The minimum atomic E-state index is -0.335. The van der Waals surface area contributed by atoms with E-state index in [1.54, 1.807) is 28.8 Å². The third kappa shape index (κ3) is 6.04. The van der Waals surface area contributed by atoms with Crippen LogP contribution in [-0.4, -0.2) is 61.2 Å². The van der Waals surface area contributed by atoms with Crippen LogP contribution in [0.4, 0.5) is 8.78 Å². The first-order chi connectivity index (χ1) is 19.6. The molecule has 1 fully saturated rings. The van der Waals surface area contributed by atoms with E-state index < -0.39 is 0 Å². The molecule has 41 heavy (non-hydrogen) atoms. The molecule has 0 amide bonds. The van der Waals surface area contributed by atoms with Gasteiger partial charge in [-0.05, 0) is 54.3 Å². The Kier molecular flexibility index (Phi) is 8.51. The Morgan fingerprint density at radius 3 is 1.93 bits per heavy atom. The van der Waals surface area contributed by atoms with Gasteiger partial charge in [0, 0.05) is 53.2 Å². The van der Waals surface area contributed by atoms with Crippen LogP contribution in [0.3, 0.4) is 0 Å². The summed E-state index contributed by atoms with van der Waals surface area (Å²) >= 11 is 0. The second-order valence-electron chi connectivity index (χ2n) is 11.4. The zero-order chi connectivity index (χ0) is 29.3. The van der Waals surface area contributed by atoms with Gasteiger partial charge in [-0.25, -0.2) is 18.6 Å². The number of imidazole rings is 1. The van der Waals surface area contributed by atoms with Gasteiger partial charge in [-0.2, -0.15) is 0 Å². The molecule has 8 nitrogen and oxygen atoms in total. The fourth-order valence-corrected chi connectivity index (χ4v) is 5.84. The Hall–Kier alpha value is -3.63. The van der Waals surface area contributed by atoms with Gasteiger partial charge in [0.15, 0.2) is 11.2 Å². The van der Waals surface area contributed by atoms with E-state index in [0.717, 1.165) is 56.1 Å². The van der Waals surface area contributed by atoms with Crippen LogP contribution < -0.4 is 11.2 Å². The van der Waals surface area contributed by atoms with Crippen molar-refractivity contribution >= 4 is 11.2 Å². The van der Waals surface area contributed by atoms with Crippen LogP contribution >= 0.6 is 0 Å². The maximum atomic E-state index is 13.6.